The molecule has 0 aromatic rings. The Morgan fingerprint density at radius 3 is 2.60 bits per heavy atom. The smallest absolute Gasteiger partial charge is 0.0462 e. The first kappa shape index (κ1) is 16.3. The molecule has 20 heavy (non-hydrogen) atoms. The summed E-state index contributed by atoms with van der Waals surface area (Å²) in [6.07, 6.45) is 9.67. The first-order valence-corrected chi connectivity index (χ1v) is 8.61. The monoisotopic (exact) mass is 282 g/mol. The summed E-state index contributed by atoms with van der Waals surface area (Å²) in [5.74, 6) is 0.918. The number of hydrogen-bond donors (Lipinski definition) is 1. The van der Waals surface area contributed by atoms with Gasteiger partial charge in [-0.05, 0) is 52.0 Å². The summed E-state index contributed by atoms with van der Waals surface area (Å²) in [6, 6.07) is 0.728. The molecule has 2 aliphatic rings. The van der Waals surface area contributed by atoms with Gasteiger partial charge in [0.05, 0.1) is 0 Å². The number of ether oxygens (including phenoxy) is 1. The Bertz CT molecular complexity index is 274. The molecular formula is C17H34N2O. The number of unbranched alkanes of at least 4 members (excludes halogenated alkanes) is 1. The normalized spacial score (nSPS) is 28.6. The molecule has 0 bridgehead atoms. The highest BCUT2D eigenvalue weighted by molar-refractivity contribution is 4.95. The quantitative estimate of drug-likeness (QED) is 0.758. The zero-order valence-corrected chi connectivity index (χ0v) is 13.8. The van der Waals surface area contributed by atoms with Crippen molar-refractivity contribution in [1.29, 1.82) is 0 Å². The van der Waals surface area contributed by atoms with Crippen LogP contribution in [0.4, 0.5) is 0 Å². The molecule has 1 atom stereocenters. The lowest BCUT2D eigenvalue weighted by Gasteiger charge is -2.48. The topological polar surface area (TPSA) is 24.5 Å². The van der Waals surface area contributed by atoms with Gasteiger partial charge in [-0.15, -0.1) is 0 Å². The van der Waals surface area contributed by atoms with Gasteiger partial charge in [-0.1, -0.05) is 19.3 Å². The minimum atomic E-state index is 0.304. The van der Waals surface area contributed by atoms with Gasteiger partial charge in [0.25, 0.3) is 0 Å². The third kappa shape index (κ3) is 4.44. The standard InChI is InChI=1S/C17H34N2O/c1-17(2)14-18-16(15-9-5-4-6-10-15)13-19(17)11-7-8-12-20-3/h15-16,18H,4-14H2,1-3H3. The van der Waals surface area contributed by atoms with Crippen LogP contribution in [0.25, 0.3) is 0 Å². The fraction of sp³-hybridized carbons (Fsp3) is 1.00. The lowest BCUT2D eigenvalue weighted by molar-refractivity contribution is 0.0411. The minimum Gasteiger partial charge on any atom is -0.385 e. The van der Waals surface area contributed by atoms with Crippen molar-refractivity contribution >= 4 is 0 Å². The van der Waals surface area contributed by atoms with Crippen LogP contribution in [-0.2, 0) is 4.74 Å². The fourth-order valence-corrected chi connectivity index (χ4v) is 3.84. The number of hydrogen-bond acceptors (Lipinski definition) is 3. The van der Waals surface area contributed by atoms with E-state index in [1.807, 2.05) is 0 Å². The minimum absolute atomic E-state index is 0.304. The zero-order chi connectivity index (χ0) is 14.4. The van der Waals surface area contributed by atoms with Crippen molar-refractivity contribution in [3.8, 4) is 0 Å². The Balaban J connectivity index is 1.83. The summed E-state index contributed by atoms with van der Waals surface area (Å²) < 4.78 is 5.17. The molecule has 3 heteroatoms. The van der Waals surface area contributed by atoms with Crippen LogP contribution in [0.3, 0.4) is 0 Å². The van der Waals surface area contributed by atoms with Crippen LogP contribution in [-0.4, -0.2) is 49.8 Å². The molecule has 2 fully saturated rings. The largest absolute Gasteiger partial charge is 0.385 e. The Labute approximate surface area is 125 Å². The maximum atomic E-state index is 5.17. The van der Waals surface area contributed by atoms with Crippen molar-refractivity contribution in [3.63, 3.8) is 0 Å². The van der Waals surface area contributed by atoms with Crippen LogP contribution in [0, 0.1) is 5.92 Å². The average Bonchev–Trinajstić information content (AvgIpc) is 2.46. The summed E-state index contributed by atoms with van der Waals surface area (Å²) >= 11 is 0. The van der Waals surface area contributed by atoms with Crippen LogP contribution in [0.1, 0.15) is 58.8 Å². The molecule has 1 saturated carbocycles. The number of rotatable bonds is 6. The Hall–Kier alpha value is -0.120. The van der Waals surface area contributed by atoms with Crippen LogP contribution < -0.4 is 5.32 Å². The van der Waals surface area contributed by atoms with E-state index in [9.17, 15) is 0 Å². The van der Waals surface area contributed by atoms with E-state index in [1.54, 1.807) is 7.11 Å². The molecule has 1 unspecified atom stereocenters. The van der Waals surface area contributed by atoms with Gasteiger partial charge in [0.15, 0.2) is 0 Å². The van der Waals surface area contributed by atoms with Crippen molar-refractivity contribution in [1.82, 2.24) is 10.2 Å². The SMILES string of the molecule is COCCCCN1CC(C2CCCCC2)NCC1(C)C. The molecular weight excluding hydrogens is 248 g/mol. The second-order valence-electron chi connectivity index (χ2n) is 7.34. The molecule has 3 nitrogen and oxygen atoms in total. The number of nitrogens with one attached hydrogen (secondary N) is 1. The van der Waals surface area contributed by atoms with E-state index >= 15 is 0 Å². The number of nitrogens with zero attached hydrogens (tertiary/aromatic N) is 1. The summed E-state index contributed by atoms with van der Waals surface area (Å²) in [6.45, 7) is 9.27. The summed E-state index contributed by atoms with van der Waals surface area (Å²) in [7, 11) is 1.80. The molecule has 1 aliphatic heterocycles. The van der Waals surface area contributed by atoms with Gasteiger partial charge in [0.2, 0.25) is 0 Å². The predicted molar refractivity (Wildman–Crippen MR) is 85.1 cm³/mol. The highest BCUT2D eigenvalue weighted by Crippen LogP contribution is 2.30. The van der Waals surface area contributed by atoms with Gasteiger partial charge in [0, 0.05) is 38.4 Å². The van der Waals surface area contributed by atoms with E-state index in [2.05, 4.69) is 24.1 Å². The van der Waals surface area contributed by atoms with Crippen molar-refractivity contribution in [3.05, 3.63) is 0 Å². The molecule has 0 aromatic heterocycles. The van der Waals surface area contributed by atoms with E-state index in [0.717, 1.165) is 25.1 Å². The molecule has 118 valence electrons. The lowest BCUT2D eigenvalue weighted by atomic mass is 9.81. The maximum absolute atomic E-state index is 5.17. The molecule has 0 aromatic carbocycles. The first-order valence-electron chi connectivity index (χ1n) is 8.61. The third-order valence-corrected chi connectivity index (χ3v) is 5.32. The van der Waals surface area contributed by atoms with E-state index in [-0.39, 0.29) is 0 Å². The predicted octanol–water partition coefficient (Wildman–Crippen LogP) is 3.05. The summed E-state index contributed by atoms with van der Waals surface area (Å²) in [5.41, 5.74) is 0.304. The Morgan fingerprint density at radius 1 is 1.15 bits per heavy atom. The second kappa shape index (κ2) is 7.77. The fourth-order valence-electron chi connectivity index (χ4n) is 3.84. The lowest BCUT2D eigenvalue weighted by Crippen LogP contribution is -2.63. The van der Waals surface area contributed by atoms with Crippen molar-refractivity contribution in [2.45, 2.75) is 70.4 Å². The van der Waals surface area contributed by atoms with Gasteiger partial charge >= 0.3 is 0 Å². The van der Waals surface area contributed by atoms with Gasteiger partial charge in [-0.3, -0.25) is 4.90 Å². The molecule has 0 amide bonds. The Morgan fingerprint density at radius 2 is 1.90 bits per heavy atom. The van der Waals surface area contributed by atoms with Crippen molar-refractivity contribution < 1.29 is 4.74 Å². The van der Waals surface area contributed by atoms with Crippen LogP contribution in [0.15, 0.2) is 0 Å². The molecule has 2 rings (SSSR count). The zero-order valence-electron chi connectivity index (χ0n) is 13.8. The van der Waals surface area contributed by atoms with Gasteiger partial charge < -0.3 is 10.1 Å². The first-order chi connectivity index (χ1) is 9.63. The number of methoxy groups -OCH3 is 1. The van der Waals surface area contributed by atoms with E-state index < -0.39 is 0 Å². The molecule has 1 saturated heterocycles. The summed E-state index contributed by atoms with van der Waals surface area (Å²) in [5, 5.41) is 3.84. The van der Waals surface area contributed by atoms with Gasteiger partial charge in [0.1, 0.15) is 0 Å². The van der Waals surface area contributed by atoms with E-state index in [0.29, 0.717) is 5.54 Å². The summed E-state index contributed by atoms with van der Waals surface area (Å²) in [4.78, 5) is 2.72. The van der Waals surface area contributed by atoms with Crippen LogP contribution >= 0.6 is 0 Å². The second-order valence-corrected chi connectivity index (χ2v) is 7.34. The van der Waals surface area contributed by atoms with Crippen LogP contribution in [0.2, 0.25) is 0 Å². The molecule has 0 radical (unpaired) electrons. The average molecular weight is 282 g/mol. The number of piperazine rings is 1. The third-order valence-electron chi connectivity index (χ3n) is 5.32. The van der Waals surface area contributed by atoms with E-state index in [1.165, 1.54) is 58.0 Å². The highest BCUT2D eigenvalue weighted by Gasteiger charge is 2.36. The molecule has 1 heterocycles. The highest BCUT2D eigenvalue weighted by atomic mass is 16.5. The van der Waals surface area contributed by atoms with Gasteiger partial charge in [-0.25, -0.2) is 0 Å². The van der Waals surface area contributed by atoms with E-state index in [4.69, 9.17) is 4.74 Å². The van der Waals surface area contributed by atoms with Crippen molar-refractivity contribution in [2.24, 2.45) is 5.92 Å². The molecule has 0 spiro atoms. The Kier molecular flexibility index (Phi) is 6.31. The maximum Gasteiger partial charge on any atom is 0.0462 e. The van der Waals surface area contributed by atoms with Crippen molar-refractivity contribution in [2.75, 3.05) is 33.4 Å². The molecule has 1 N–H and O–H groups in total. The van der Waals surface area contributed by atoms with Gasteiger partial charge in [-0.2, -0.15) is 0 Å². The van der Waals surface area contributed by atoms with Crippen LogP contribution in [0.5, 0.6) is 0 Å². The molecule has 1 aliphatic carbocycles.